The second kappa shape index (κ2) is 5.85. The summed E-state index contributed by atoms with van der Waals surface area (Å²) in [5.74, 6) is -0.960. The number of nitrogens with one attached hydrogen (secondary N) is 1. The minimum Gasteiger partial charge on any atom is -0.464 e. The van der Waals surface area contributed by atoms with Crippen LogP contribution in [0.2, 0.25) is 0 Å². The highest BCUT2D eigenvalue weighted by Crippen LogP contribution is 2.23. The number of esters is 1. The number of nitrogens with zero attached hydrogens (tertiary/aromatic N) is 1. The third kappa shape index (κ3) is 3.89. The molecule has 0 aliphatic carbocycles. The topological polar surface area (TPSA) is 69.7 Å². The lowest BCUT2D eigenvalue weighted by molar-refractivity contribution is -0.269. The second-order valence-corrected chi connectivity index (χ2v) is 5.55. The predicted octanol–water partition coefficient (Wildman–Crippen LogP) is 1.88. The molecule has 1 N–H and O–H groups in total. The molecular weight excluding hydrogens is 268 g/mol. The summed E-state index contributed by atoms with van der Waals surface area (Å²) in [6.45, 7) is 5.13. The van der Waals surface area contributed by atoms with E-state index in [1.54, 1.807) is 5.38 Å². The molecule has 1 atom stereocenters. The summed E-state index contributed by atoms with van der Waals surface area (Å²) in [7, 11) is 1.34. The molecule has 0 bridgehead atoms. The summed E-state index contributed by atoms with van der Waals surface area (Å²) in [5, 5.41) is 5.53. The molecule has 1 aliphatic heterocycles. The Kier molecular flexibility index (Phi) is 4.38. The number of carbonyl (C=O) groups excluding carboxylic acids is 1. The van der Waals surface area contributed by atoms with Gasteiger partial charge in [-0.1, -0.05) is 0 Å². The van der Waals surface area contributed by atoms with Gasteiger partial charge in [0.05, 0.1) is 19.8 Å². The van der Waals surface area contributed by atoms with Crippen molar-refractivity contribution in [3.8, 4) is 0 Å². The van der Waals surface area contributed by atoms with Crippen molar-refractivity contribution >= 4 is 22.4 Å². The van der Waals surface area contributed by atoms with Crippen LogP contribution < -0.4 is 5.32 Å². The molecule has 7 heteroatoms. The van der Waals surface area contributed by atoms with Gasteiger partial charge in [-0.15, -0.1) is 11.3 Å². The van der Waals surface area contributed by atoms with E-state index in [0.29, 0.717) is 24.0 Å². The maximum atomic E-state index is 11.3. The lowest BCUT2D eigenvalue weighted by Gasteiger charge is -2.36. The van der Waals surface area contributed by atoms with Gasteiger partial charge in [0.25, 0.3) is 0 Å². The molecule has 0 aromatic carbocycles. The summed E-state index contributed by atoms with van der Waals surface area (Å²) < 4.78 is 15.9. The second-order valence-electron chi connectivity index (χ2n) is 4.69. The third-order valence-electron chi connectivity index (χ3n) is 2.72. The monoisotopic (exact) mass is 286 g/mol. The molecule has 0 amide bonds. The van der Waals surface area contributed by atoms with Crippen LogP contribution in [0.25, 0.3) is 0 Å². The molecule has 1 fully saturated rings. The van der Waals surface area contributed by atoms with Gasteiger partial charge in [-0.25, -0.2) is 9.78 Å². The molecule has 1 unspecified atom stereocenters. The first-order chi connectivity index (χ1) is 9.00. The normalized spacial score (nSPS) is 21.9. The van der Waals surface area contributed by atoms with Crippen LogP contribution in [0.5, 0.6) is 0 Å². The van der Waals surface area contributed by atoms with Gasteiger partial charge in [0.2, 0.25) is 0 Å². The first-order valence-corrected chi connectivity index (χ1v) is 6.97. The Balaban J connectivity index is 1.85. The number of aromatic nitrogens is 1. The smallest absolute Gasteiger partial charge is 0.357 e. The van der Waals surface area contributed by atoms with Crippen LogP contribution in [-0.2, 0) is 14.2 Å². The van der Waals surface area contributed by atoms with Crippen LogP contribution in [-0.4, -0.2) is 43.1 Å². The minimum absolute atomic E-state index is 0.0780. The molecule has 2 heterocycles. The van der Waals surface area contributed by atoms with Gasteiger partial charge in [0.15, 0.2) is 16.6 Å². The van der Waals surface area contributed by atoms with Gasteiger partial charge in [-0.3, -0.25) is 0 Å². The lowest BCUT2D eigenvalue weighted by Crippen LogP contribution is -2.42. The maximum Gasteiger partial charge on any atom is 0.357 e. The van der Waals surface area contributed by atoms with Crippen molar-refractivity contribution in [2.45, 2.75) is 32.2 Å². The Morgan fingerprint density at radius 2 is 2.47 bits per heavy atom. The van der Waals surface area contributed by atoms with E-state index < -0.39 is 11.8 Å². The number of hydrogen-bond acceptors (Lipinski definition) is 7. The van der Waals surface area contributed by atoms with E-state index in [1.165, 1.54) is 18.4 Å². The van der Waals surface area contributed by atoms with Gasteiger partial charge in [-0.2, -0.15) is 0 Å². The van der Waals surface area contributed by atoms with Crippen molar-refractivity contribution in [2.75, 3.05) is 25.6 Å². The highest BCUT2D eigenvalue weighted by Gasteiger charge is 2.29. The third-order valence-corrected chi connectivity index (χ3v) is 3.52. The fourth-order valence-electron chi connectivity index (χ4n) is 1.83. The summed E-state index contributed by atoms with van der Waals surface area (Å²) in [4.78, 5) is 15.4. The van der Waals surface area contributed by atoms with Crippen molar-refractivity contribution in [1.82, 2.24) is 4.98 Å². The number of carbonyl (C=O) groups is 1. The molecular formula is C12H18N2O4S. The van der Waals surface area contributed by atoms with E-state index in [4.69, 9.17) is 9.47 Å². The van der Waals surface area contributed by atoms with E-state index in [-0.39, 0.29) is 6.10 Å². The fourth-order valence-corrected chi connectivity index (χ4v) is 2.52. The van der Waals surface area contributed by atoms with E-state index in [9.17, 15) is 4.79 Å². The van der Waals surface area contributed by atoms with Crippen molar-refractivity contribution in [1.29, 1.82) is 0 Å². The maximum absolute atomic E-state index is 11.3. The molecule has 0 saturated carbocycles. The zero-order valence-electron chi connectivity index (χ0n) is 11.3. The molecule has 0 spiro atoms. The van der Waals surface area contributed by atoms with Crippen LogP contribution in [0, 0.1) is 0 Å². The van der Waals surface area contributed by atoms with Crippen molar-refractivity contribution in [2.24, 2.45) is 0 Å². The number of thiazole rings is 1. The molecule has 1 saturated heterocycles. The Labute approximate surface area is 116 Å². The summed E-state index contributed by atoms with van der Waals surface area (Å²) >= 11 is 1.37. The largest absolute Gasteiger partial charge is 0.464 e. The van der Waals surface area contributed by atoms with Gasteiger partial charge in [0, 0.05) is 11.9 Å². The first-order valence-electron chi connectivity index (χ1n) is 6.09. The van der Waals surface area contributed by atoms with E-state index in [0.717, 1.165) is 6.42 Å². The van der Waals surface area contributed by atoms with E-state index >= 15 is 0 Å². The highest BCUT2D eigenvalue weighted by molar-refractivity contribution is 7.13. The number of anilines is 1. The van der Waals surface area contributed by atoms with Crippen molar-refractivity contribution in [3.05, 3.63) is 11.1 Å². The Morgan fingerprint density at radius 1 is 1.68 bits per heavy atom. The Hall–Kier alpha value is -1.18. The van der Waals surface area contributed by atoms with Crippen LogP contribution in [0.1, 0.15) is 30.8 Å². The fraction of sp³-hybridized carbons (Fsp3) is 0.667. The summed E-state index contributed by atoms with van der Waals surface area (Å²) in [5.41, 5.74) is 0.322. The average molecular weight is 286 g/mol. The zero-order chi connectivity index (χ0) is 13.9. The minimum atomic E-state index is -0.537. The van der Waals surface area contributed by atoms with Crippen LogP contribution in [0.3, 0.4) is 0 Å². The zero-order valence-corrected chi connectivity index (χ0v) is 12.1. The van der Waals surface area contributed by atoms with E-state index in [2.05, 4.69) is 15.0 Å². The first kappa shape index (κ1) is 14.2. The van der Waals surface area contributed by atoms with Gasteiger partial charge in [0.1, 0.15) is 0 Å². The Bertz CT molecular complexity index is 447. The van der Waals surface area contributed by atoms with Gasteiger partial charge >= 0.3 is 5.97 Å². The number of rotatable bonds is 4. The Morgan fingerprint density at radius 3 is 3.16 bits per heavy atom. The molecule has 2 rings (SSSR count). The van der Waals surface area contributed by atoms with Crippen molar-refractivity contribution in [3.63, 3.8) is 0 Å². The van der Waals surface area contributed by atoms with Crippen LogP contribution >= 0.6 is 11.3 Å². The number of ether oxygens (including phenoxy) is 3. The predicted molar refractivity (Wildman–Crippen MR) is 71.5 cm³/mol. The quantitative estimate of drug-likeness (QED) is 0.852. The number of methoxy groups -OCH3 is 1. The molecule has 0 radical (unpaired) electrons. The SMILES string of the molecule is COC(=O)c1csc(NCC2CCOC(C)(C)O2)n1. The summed E-state index contributed by atoms with van der Waals surface area (Å²) in [6, 6.07) is 0. The van der Waals surface area contributed by atoms with Gasteiger partial charge in [-0.05, 0) is 20.3 Å². The van der Waals surface area contributed by atoms with Crippen molar-refractivity contribution < 1.29 is 19.0 Å². The van der Waals surface area contributed by atoms with Crippen LogP contribution in [0.4, 0.5) is 5.13 Å². The molecule has 6 nitrogen and oxygen atoms in total. The number of hydrogen-bond donors (Lipinski definition) is 1. The lowest BCUT2D eigenvalue weighted by atomic mass is 10.2. The molecule has 1 aromatic heterocycles. The average Bonchev–Trinajstić information content (AvgIpc) is 2.83. The molecule has 19 heavy (non-hydrogen) atoms. The van der Waals surface area contributed by atoms with E-state index in [1.807, 2.05) is 13.8 Å². The standard InChI is InChI=1S/C12H18N2O4S/c1-12(2)17-5-4-8(18-12)6-13-11-14-9(7-19-11)10(15)16-3/h7-8H,4-6H2,1-3H3,(H,13,14). The summed E-state index contributed by atoms with van der Waals surface area (Å²) in [6.07, 6.45) is 0.917. The molecule has 106 valence electrons. The van der Waals surface area contributed by atoms with Crippen LogP contribution in [0.15, 0.2) is 5.38 Å². The van der Waals surface area contributed by atoms with Gasteiger partial charge < -0.3 is 19.5 Å². The highest BCUT2D eigenvalue weighted by atomic mass is 32.1. The molecule has 1 aromatic rings. The molecule has 1 aliphatic rings.